The first-order valence-corrected chi connectivity index (χ1v) is 12.7. The quantitative estimate of drug-likeness (QED) is 0.609. The molecule has 1 N–H and O–H groups in total. The van der Waals surface area contributed by atoms with Gasteiger partial charge in [-0.05, 0) is 50.6 Å². The van der Waals surface area contributed by atoms with E-state index in [0.29, 0.717) is 22.5 Å². The van der Waals surface area contributed by atoms with Crippen molar-refractivity contribution < 1.29 is 14.8 Å². The second-order valence-electron chi connectivity index (χ2n) is 9.39. The first kappa shape index (κ1) is 22.9. The van der Waals surface area contributed by atoms with E-state index >= 15 is 0 Å². The molecular weight excluding hydrogens is 398 g/mol. The monoisotopic (exact) mass is 437 g/mol. The fourth-order valence-electron chi connectivity index (χ4n) is 5.46. The van der Waals surface area contributed by atoms with Crippen LogP contribution in [-0.4, -0.2) is 59.2 Å². The highest BCUT2D eigenvalue weighted by molar-refractivity contribution is 6.05. The number of hydrogen-bond acceptors (Lipinski definition) is 4. The Morgan fingerprint density at radius 1 is 1.03 bits per heavy atom. The van der Waals surface area contributed by atoms with E-state index in [1.54, 1.807) is 6.07 Å². The van der Waals surface area contributed by atoms with Crippen molar-refractivity contribution in [3.63, 3.8) is 0 Å². The number of phenolic OH excluding ortho intramolecular Hbond substituents is 1. The Morgan fingerprint density at radius 2 is 1.72 bits per heavy atom. The number of fused-ring (bicyclic) bond motifs is 1. The van der Waals surface area contributed by atoms with E-state index in [1.807, 2.05) is 24.3 Å². The van der Waals surface area contributed by atoms with E-state index in [0.717, 1.165) is 45.6 Å². The van der Waals surface area contributed by atoms with Gasteiger partial charge >= 0.3 is 0 Å². The highest BCUT2D eigenvalue weighted by atomic mass is 16.3. The standard InChI is InChI=1S/C27H39N3O2/c1-3-5-15-28(16-6-4-2)23-14-9-10-17-29-18-11-19-30(27(23)29)24-20-25(31)21-12-7-8-13-22(21)26(24)32/h7-8,12-13,20,23H,3-6,9-11,14-19H2,1-2H3,(H-,31,32). The molecule has 4 rings (SSSR count). The molecule has 0 aromatic heterocycles. The minimum Gasteiger partial charge on any atom is -0.869 e. The van der Waals surface area contributed by atoms with Crippen molar-refractivity contribution in [1.82, 2.24) is 4.90 Å². The number of hydrogen-bond donors (Lipinski definition) is 1. The van der Waals surface area contributed by atoms with Crippen LogP contribution in [0.4, 0.5) is 5.69 Å². The van der Waals surface area contributed by atoms with Gasteiger partial charge in [0, 0.05) is 17.9 Å². The lowest BCUT2D eigenvalue weighted by Crippen LogP contribution is -2.56. The number of nitrogens with zero attached hydrogens (tertiary/aromatic N) is 3. The molecule has 0 aliphatic carbocycles. The largest absolute Gasteiger partial charge is 0.869 e. The summed E-state index contributed by atoms with van der Waals surface area (Å²) in [5, 5.41) is 25.6. The molecule has 5 nitrogen and oxygen atoms in total. The summed E-state index contributed by atoms with van der Waals surface area (Å²) in [6.07, 6.45) is 9.41. The first-order valence-electron chi connectivity index (χ1n) is 12.7. The molecule has 5 heteroatoms. The SMILES string of the molecule is CCCCN(CCCC)C1CCCC[N+]2=C1N(c1cc(O)c3ccccc3c1[O-])CCC2. The van der Waals surface area contributed by atoms with Crippen LogP contribution in [0.3, 0.4) is 0 Å². The van der Waals surface area contributed by atoms with Crippen molar-refractivity contribution in [3.8, 4) is 11.5 Å². The van der Waals surface area contributed by atoms with Crippen LogP contribution >= 0.6 is 0 Å². The van der Waals surface area contributed by atoms with Gasteiger partial charge in [-0.15, -0.1) is 0 Å². The third-order valence-electron chi connectivity index (χ3n) is 7.15. The van der Waals surface area contributed by atoms with Crippen LogP contribution in [0.2, 0.25) is 0 Å². The Morgan fingerprint density at radius 3 is 2.44 bits per heavy atom. The van der Waals surface area contributed by atoms with Crippen LogP contribution in [0, 0.1) is 0 Å². The molecule has 2 aliphatic rings. The van der Waals surface area contributed by atoms with Gasteiger partial charge in [-0.1, -0.05) is 56.7 Å². The number of amidine groups is 1. The van der Waals surface area contributed by atoms with Gasteiger partial charge in [-0.25, -0.2) is 4.90 Å². The van der Waals surface area contributed by atoms with Gasteiger partial charge in [0.25, 0.3) is 5.84 Å². The highest BCUT2D eigenvalue weighted by Gasteiger charge is 2.40. The molecule has 0 saturated carbocycles. The van der Waals surface area contributed by atoms with Crippen LogP contribution in [-0.2, 0) is 0 Å². The molecule has 1 unspecified atom stereocenters. The van der Waals surface area contributed by atoms with E-state index in [4.69, 9.17) is 0 Å². The molecule has 2 heterocycles. The van der Waals surface area contributed by atoms with Gasteiger partial charge in [0.05, 0.1) is 19.6 Å². The maximum absolute atomic E-state index is 13.6. The molecule has 0 bridgehead atoms. The zero-order valence-electron chi connectivity index (χ0n) is 19.9. The first-order chi connectivity index (χ1) is 15.7. The van der Waals surface area contributed by atoms with Gasteiger partial charge < -0.3 is 10.2 Å². The second-order valence-corrected chi connectivity index (χ2v) is 9.39. The van der Waals surface area contributed by atoms with Gasteiger partial charge in [0.1, 0.15) is 17.5 Å². The van der Waals surface area contributed by atoms with Gasteiger partial charge in [-0.3, -0.25) is 9.48 Å². The van der Waals surface area contributed by atoms with Crippen molar-refractivity contribution in [3.05, 3.63) is 30.3 Å². The zero-order chi connectivity index (χ0) is 22.5. The minimum absolute atomic E-state index is 0.0319. The molecule has 2 aromatic rings. The summed E-state index contributed by atoms with van der Waals surface area (Å²) < 4.78 is 2.54. The van der Waals surface area contributed by atoms with E-state index in [2.05, 4.69) is 28.2 Å². The Labute approximate surface area is 193 Å². The van der Waals surface area contributed by atoms with Crippen LogP contribution in [0.1, 0.15) is 65.2 Å². The van der Waals surface area contributed by atoms with Crippen molar-refractivity contribution in [1.29, 1.82) is 0 Å². The highest BCUT2D eigenvalue weighted by Crippen LogP contribution is 2.40. The molecule has 2 aliphatic heterocycles. The lowest BCUT2D eigenvalue weighted by atomic mass is 10.0. The average molecular weight is 438 g/mol. The lowest BCUT2D eigenvalue weighted by molar-refractivity contribution is -0.533. The number of benzene rings is 2. The molecule has 32 heavy (non-hydrogen) atoms. The van der Waals surface area contributed by atoms with E-state index < -0.39 is 0 Å². The zero-order valence-corrected chi connectivity index (χ0v) is 19.9. The number of rotatable bonds is 8. The molecule has 174 valence electrons. The molecule has 0 fully saturated rings. The summed E-state index contributed by atoms with van der Waals surface area (Å²) in [5.41, 5.74) is 0.638. The number of anilines is 1. The van der Waals surface area contributed by atoms with Crippen LogP contribution in [0.25, 0.3) is 10.8 Å². The number of aromatic hydroxyl groups is 1. The second kappa shape index (κ2) is 10.6. The van der Waals surface area contributed by atoms with Crippen LogP contribution in [0.15, 0.2) is 30.3 Å². The van der Waals surface area contributed by atoms with Gasteiger partial charge in [0.2, 0.25) is 0 Å². The molecule has 2 aromatic carbocycles. The van der Waals surface area contributed by atoms with Crippen molar-refractivity contribution in [2.75, 3.05) is 37.6 Å². The molecular formula is C27H39N3O2. The topological polar surface area (TPSA) is 52.8 Å². The smallest absolute Gasteiger partial charge is 0.269 e. The van der Waals surface area contributed by atoms with Crippen LogP contribution < -0.4 is 10.0 Å². The minimum atomic E-state index is 0.0319. The van der Waals surface area contributed by atoms with Gasteiger partial charge in [0.15, 0.2) is 0 Å². The molecule has 0 spiro atoms. The summed E-state index contributed by atoms with van der Waals surface area (Å²) >= 11 is 0. The Kier molecular flexibility index (Phi) is 7.56. The normalized spacial score (nSPS) is 19.5. The third kappa shape index (κ3) is 4.59. The molecule has 1 atom stereocenters. The van der Waals surface area contributed by atoms with Crippen molar-refractivity contribution >= 4 is 22.3 Å². The molecule has 0 radical (unpaired) electrons. The average Bonchev–Trinajstić information content (AvgIpc) is 3.04. The van der Waals surface area contributed by atoms with E-state index in [1.165, 1.54) is 44.4 Å². The Bertz CT molecular complexity index is 947. The molecule has 0 amide bonds. The maximum Gasteiger partial charge on any atom is 0.269 e. The predicted octanol–water partition coefficient (Wildman–Crippen LogP) is 4.69. The Balaban J connectivity index is 1.79. The fraction of sp³-hybridized carbons (Fsp3) is 0.593. The van der Waals surface area contributed by atoms with Crippen molar-refractivity contribution in [2.24, 2.45) is 0 Å². The number of phenols is 1. The molecule has 0 saturated heterocycles. The third-order valence-corrected chi connectivity index (χ3v) is 7.15. The lowest BCUT2D eigenvalue weighted by Gasteiger charge is -2.37. The van der Waals surface area contributed by atoms with E-state index in [-0.39, 0.29) is 11.5 Å². The Hall–Kier alpha value is -2.27. The van der Waals surface area contributed by atoms with E-state index in [9.17, 15) is 10.2 Å². The summed E-state index contributed by atoms with van der Waals surface area (Å²) in [4.78, 5) is 4.95. The number of unbranched alkanes of at least 4 members (excludes halogenated alkanes) is 2. The maximum atomic E-state index is 13.6. The predicted molar refractivity (Wildman–Crippen MR) is 131 cm³/mol. The van der Waals surface area contributed by atoms with Crippen molar-refractivity contribution in [2.45, 2.75) is 71.3 Å². The fourth-order valence-corrected chi connectivity index (χ4v) is 5.46. The summed E-state index contributed by atoms with van der Waals surface area (Å²) in [7, 11) is 0. The summed E-state index contributed by atoms with van der Waals surface area (Å²) in [6, 6.07) is 9.48. The summed E-state index contributed by atoms with van der Waals surface area (Å²) in [6.45, 7) is 9.71. The summed E-state index contributed by atoms with van der Waals surface area (Å²) in [5.74, 6) is 1.53. The van der Waals surface area contributed by atoms with Crippen LogP contribution in [0.5, 0.6) is 11.5 Å². The van der Waals surface area contributed by atoms with Gasteiger partial charge in [-0.2, -0.15) is 0 Å².